The van der Waals surface area contributed by atoms with Crippen molar-refractivity contribution in [1.82, 2.24) is 0 Å². The quantitative estimate of drug-likeness (QED) is 0.332. The summed E-state index contributed by atoms with van der Waals surface area (Å²) in [5, 5.41) is -0.123. The number of thioether (sulfide) groups is 2. The van der Waals surface area contributed by atoms with Gasteiger partial charge >= 0.3 is 5.97 Å². The Labute approximate surface area is 120 Å². The van der Waals surface area contributed by atoms with E-state index in [0.717, 1.165) is 0 Å². The molecule has 2 rings (SSSR count). The Hall–Kier alpha value is -0.470. The van der Waals surface area contributed by atoms with Crippen LogP contribution in [0.1, 0.15) is 13.8 Å². The first-order valence-electron chi connectivity index (χ1n) is 5.80. The van der Waals surface area contributed by atoms with E-state index in [4.69, 9.17) is 4.74 Å². The maximum absolute atomic E-state index is 11.8. The number of hydrogen-bond donors (Lipinski definition) is 0. The van der Waals surface area contributed by atoms with Crippen LogP contribution in [0.4, 0.5) is 0 Å². The number of carbonyl (C=O) groups is 2. The van der Waals surface area contributed by atoms with Crippen LogP contribution in [0, 0.1) is 0 Å². The van der Waals surface area contributed by atoms with Crippen molar-refractivity contribution in [2.75, 3.05) is 18.1 Å². The maximum Gasteiger partial charge on any atom is 0.343 e. The van der Waals surface area contributed by atoms with Gasteiger partial charge in [-0.25, -0.2) is 13.2 Å². The molecule has 0 aromatic heterocycles. The molecular weight excluding hydrogens is 308 g/mol. The van der Waals surface area contributed by atoms with Gasteiger partial charge in [0, 0.05) is 10.5 Å². The fourth-order valence-electron chi connectivity index (χ4n) is 2.00. The van der Waals surface area contributed by atoms with Gasteiger partial charge in [0.05, 0.1) is 22.3 Å². The fraction of sp³-hybridized carbons (Fsp3) is 0.636. The van der Waals surface area contributed by atoms with Crippen LogP contribution in [-0.4, -0.2) is 48.8 Å². The number of rotatable bonds is 3. The molecule has 8 heteroatoms. The van der Waals surface area contributed by atoms with Crippen LogP contribution in [0.3, 0.4) is 0 Å². The molecule has 0 bridgehead atoms. The van der Waals surface area contributed by atoms with Gasteiger partial charge in [0.25, 0.3) is 0 Å². The minimum absolute atomic E-state index is 0.0589. The first kappa shape index (κ1) is 14.9. The van der Waals surface area contributed by atoms with Gasteiger partial charge in [0.15, 0.2) is 15.6 Å². The zero-order valence-electron chi connectivity index (χ0n) is 10.5. The summed E-state index contributed by atoms with van der Waals surface area (Å²) < 4.78 is 28.5. The first-order valence-corrected chi connectivity index (χ1v) is 9.38. The molecule has 2 aliphatic rings. The number of Topliss-reactive ketones (excluding diaryl/α,β-unsaturated/α-hetero) is 1. The summed E-state index contributed by atoms with van der Waals surface area (Å²) in [6, 6.07) is 0. The molecule has 106 valence electrons. The van der Waals surface area contributed by atoms with E-state index in [1.807, 2.05) is 0 Å². The smallest absolute Gasteiger partial charge is 0.343 e. The molecule has 2 atom stereocenters. The minimum atomic E-state index is -2.97. The SMILES string of the molecule is CCOC(=O)C(C(C)=O)=C1S[C@@H]2CS(=O)(=O)C[C@H]2S1. The number of carbonyl (C=O) groups excluding carboxylic acids is 2. The van der Waals surface area contributed by atoms with Gasteiger partial charge < -0.3 is 4.74 Å². The average Bonchev–Trinajstić information content (AvgIpc) is 2.70. The zero-order valence-corrected chi connectivity index (χ0v) is 13.0. The number of sulfone groups is 1. The lowest BCUT2D eigenvalue weighted by Gasteiger charge is -2.07. The van der Waals surface area contributed by atoms with Crippen molar-refractivity contribution in [3.63, 3.8) is 0 Å². The lowest BCUT2D eigenvalue weighted by molar-refractivity contribution is -0.139. The molecule has 19 heavy (non-hydrogen) atoms. The third-order valence-corrected chi connectivity index (χ3v) is 8.14. The molecule has 0 saturated carbocycles. The van der Waals surface area contributed by atoms with Crippen molar-refractivity contribution in [1.29, 1.82) is 0 Å². The van der Waals surface area contributed by atoms with Crippen molar-refractivity contribution in [3.05, 3.63) is 9.81 Å². The predicted octanol–water partition coefficient (Wildman–Crippen LogP) is 0.996. The number of ketones is 1. The summed E-state index contributed by atoms with van der Waals surface area (Å²) in [4.78, 5) is 23.4. The Balaban J connectivity index is 2.24. The van der Waals surface area contributed by atoms with Crippen LogP contribution >= 0.6 is 23.5 Å². The monoisotopic (exact) mass is 322 g/mol. The second kappa shape index (κ2) is 5.49. The molecule has 0 amide bonds. The standard InChI is InChI=1S/C11H14O5S3/c1-3-16-10(13)9(6(2)12)11-17-7-4-19(14,15)5-8(7)18-11/h7-8H,3-5H2,1-2H3/t7-,8-/m1/s1. The Kier molecular flexibility index (Phi) is 4.32. The molecule has 2 aliphatic heterocycles. The highest BCUT2D eigenvalue weighted by atomic mass is 32.2. The number of hydrogen-bond acceptors (Lipinski definition) is 7. The van der Waals surface area contributed by atoms with Gasteiger partial charge in [-0.05, 0) is 13.8 Å². The van der Waals surface area contributed by atoms with Gasteiger partial charge in [0.2, 0.25) is 0 Å². The molecule has 0 spiro atoms. The Morgan fingerprint density at radius 3 is 2.21 bits per heavy atom. The van der Waals surface area contributed by atoms with Crippen LogP contribution in [0.15, 0.2) is 9.81 Å². The Morgan fingerprint density at radius 2 is 1.79 bits per heavy atom. The molecule has 0 N–H and O–H groups in total. The molecule has 0 radical (unpaired) electrons. The molecule has 0 aliphatic carbocycles. The van der Waals surface area contributed by atoms with Gasteiger partial charge in [-0.3, -0.25) is 4.79 Å². The molecule has 2 heterocycles. The summed E-state index contributed by atoms with van der Waals surface area (Å²) in [5.41, 5.74) is 0.0589. The van der Waals surface area contributed by atoms with E-state index < -0.39 is 15.8 Å². The average molecular weight is 322 g/mol. The highest BCUT2D eigenvalue weighted by molar-refractivity contribution is 8.27. The third kappa shape index (κ3) is 3.17. The molecule has 0 aromatic carbocycles. The van der Waals surface area contributed by atoms with Crippen molar-refractivity contribution in [3.8, 4) is 0 Å². The van der Waals surface area contributed by atoms with Gasteiger partial charge in [-0.1, -0.05) is 0 Å². The highest BCUT2D eigenvalue weighted by Gasteiger charge is 2.45. The molecule has 0 aromatic rings. The van der Waals surface area contributed by atoms with E-state index in [1.165, 1.54) is 30.4 Å². The van der Waals surface area contributed by atoms with Gasteiger partial charge in [-0.2, -0.15) is 0 Å². The largest absolute Gasteiger partial charge is 0.462 e. The van der Waals surface area contributed by atoms with E-state index in [1.54, 1.807) is 6.92 Å². The van der Waals surface area contributed by atoms with E-state index in [2.05, 4.69) is 0 Å². The van der Waals surface area contributed by atoms with Gasteiger partial charge in [0.1, 0.15) is 5.57 Å². The number of fused-ring (bicyclic) bond motifs is 1. The molecule has 2 fully saturated rings. The summed E-state index contributed by atoms with van der Waals surface area (Å²) in [5.74, 6) is -0.719. The second-order valence-electron chi connectivity index (χ2n) is 4.33. The number of ether oxygens (including phenoxy) is 1. The minimum Gasteiger partial charge on any atom is -0.462 e. The molecule has 5 nitrogen and oxygen atoms in total. The number of esters is 1. The van der Waals surface area contributed by atoms with Crippen LogP contribution < -0.4 is 0 Å². The Bertz CT molecular complexity index is 527. The predicted molar refractivity (Wildman–Crippen MR) is 75.8 cm³/mol. The van der Waals surface area contributed by atoms with Crippen molar-refractivity contribution < 1.29 is 22.7 Å². The van der Waals surface area contributed by atoms with Gasteiger partial charge in [-0.15, -0.1) is 23.5 Å². The van der Waals surface area contributed by atoms with Crippen LogP contribution in [0.2, 0.25) is 0 Å². The van der Waals surface area contributed by atoms with E-state index in [-0.39, 0.29) is 40.0 Å². The highest BCUT2D eigenvalue weighted by Crippen LogP contribution is 2.52. The summed E-state index contributed by atoms with van der Waals surface area (Å²) in [6.07, 6.45) is 0. The molecule has 2 saturated heterocycles. The summed E-state index contributed by atoms with van der Waals surface area (Å²) in [7, 11) is -2.97. The van der Waals surface area contributed by atoms with E-state index >= 15 is 0 Å². The van der Waals surface area contributed by atoms with Crippen molar-refractivity contribution >= 4 is 45.1 Å². The topological polar surface area (TPSA) is 77.5 Å². The van der Waals surface area contributed by atoms with E-state index in [0.29, 0.717) is 4.24 Å². The van der Waals surface area contributed by atoms with Crippen LogP contribution in [0.5, 0.6) is 0 Å². The van der Waals surface area contributed by atoms with Crippen molar-refractivity contribution in [2.24, 2.45) is 0 Å². The summed E-state index contributed by atoms with van der Waals surface area (Å²) in [6.45, 7) is 3.21. The first-order chi connectivity index (χ1) is 8.84. The molecular formula is C11H14O5S3. The van der Waals surface area contributed by atoms with Crippen LogP contribution in [0.25, 0.3) is 0 Å². The molecule has 0 unspecified atom stereocenters. The lowest BCUT2D eigenvalue weighted by atomic mass is 10.2. The third-order valence-electron chi connectivity index (χ3n) is 2.80. The normalized spacial score (nSPS) is 28.0. The van der Waals surface area contributed by atoms with E-state index in [9.17, 15) is 18.0 Å². The lowest BCUT2D eigenvalue weighted by Crippen LogP contribution is -2.15. The zero-order chi connectivity index (χ0) is 14.2. The van der Waals surface area contributed by atoms with Crippen LogP contribution in [-0.2, 0) is 24.2 Å². The second-order valence-corrected chi connectivity index (χ2v) is 9.24. The summed E-state index contributed by atoms with van der Waals surface area (Å²) >= 11 is 2.63. The van der Waals surface area contributed by atoms with Crippen molar-refractivity contribution in [2.45, 2.75) is 24.3 Å². The maximum atomic E-state index is 11.8. The fourth-order valence-corrected chi connectivity index (χ4v) is 8.66. The Morgan fingerprint density at radius 1 is 1.26 bits per heavy atom.